The molecule has 2 aromatic rings. The first-order valence-corrected chi connectivity index (χ1v) is 6.25. The lowest BCUT2D eigenvalue weighted by atomic mass is 10.1. The summed E-state index contributed by atoms with van der Waals surface area (Å²) in [4.78, 5) is 24.1. The second kappa shape index (κ2) is 5.26. The third kappa shape index (κ3) is 2.52. The average Bonchev–Trinajstić information content (AvgIpc) is 2.40. The third-order valence-corrected chi connectivity index (χ3v) is 2.96. The molecule has 4 heteroatoms. The van der Waals surface area contributed by atoms with Gasteiger partial charge in [-0.1, -0.05) is 32.0 Å². The fraction of sp³-hybridized carbons (Fsp3) is 0.333. The molecule has 0 saturated heterocycles. The topological polar surface area (TPSA) is 48.3 Å². The fourth-order valence-electron chi connectivity index (χ4n) is 2.13. The standard InChI is InChI=1S/C15H17NO3/c1-10(2)9-16-13-7-5-4-6-11(13)8-12(14(16)17)15(18)19-3/h4-8,10H,9H2,1-3H3. The molecule has 100 valence electrons. The van der Waals surface area contributed by atoms with Crippen LogP contribution in [-0.4, -0.2) is 17.6 Å². The van der Waals surface area contributed by atoms with Crippen LogP contribution in [-0.2, 0) is 11.3 Å². The van der Waals surface area contributed by atoms with Crippen molar-refractivity contribution in [1.29, 1.82) is 0 Å². The van der Waals surface area contributed by atoms with Crippen molar-refractivity contribution in [1.82, 2.24) is 4.57 Å². The van der Waals surface area contributed by atoms with Crippen molar-refractivity contribution in [2.24, 2.45) is 5.92 Å². The summed E-state index contributed by atoms with van der Waals surface area (Å²) < 4.78 is 6.32. The van der Waals surface area contributed by atoms with Crippen LogP contribution in [0.1, 0.15) is 24.2 Å². The van der Waals surface area contributed by atoms with Gasteiger partial charge in [-0.15, -0.1) is 0 Å². The Morgan fingerprint density at radius 2 is 2.00 bits per heavy atom. The molecule has 0 bridgehead atoms. The number of ether oxygens (including phenoxy) is 1. The Bertz CT molecular complexity index is 671. The van der Waals surface area contributed by atoms with Crippen LogP contribution in [0.25, 0.3) is 10.9 Å². The number of aromatic nitrogens is 1. The van der Waals surface area contributed by atoms with Crippen LogP contribution in [0.4, 0.5) is 0 Å². The molecule has 1 heterocycles. The van der Waals surface area contributed by atoms with Crippen LogP contribution >= 0.6 is 0 Å². The Morgan fingerprint density at radius 1 is 1.32 bits per heavy atom. The molecule has 1 aromatic carbocycles. The molecular formula is C15H17NO3. The van der Waals surface area contributed by atoms with Gasteiger partial charge < -0.3 is 9.30 Å². The highest BCUT2D eigenvalue weighted by Gasteiger charge is 2.16. The molecule has 0 aliphatic heterocycles. The van der Waals surface area contributed by atoms with Crippen LogP contribution in [0.5, 0.6) is 0 Å². The zero-order valence-electron chi connectivity index (χ0n) is 11.3. The van der Waals surface area contributed by atoms with E-state index in [1.165, 1.54) is 7.11 Å². The molecule has 0 radical (unpaired) electrons. The zero-order valence-corrected chi connectivity index (χ0v) is 11.3. The number of esters is 1. The lowest BCUT2D eigenvalue weighted by Gasteiger charge is -2.14. The molecule has 0 N–H and O–H groups in total. The SMILES string of the molecule is COC(=O)c1cc2ccccc2n(CC(C)C)c1=O. The predicted molar refractivity (Wildman–Crippen MR) is 74.4 cm³/mol. The molecule has 0 fully saturated rings. The molecule has 0 unspecified atom stereocenters. The van der Waals surface area contributed by atoms with Crippen molar-refractivity contribution < 1.29 is 9.53 Å². The normalized spacial score (nSPS) is 10.9. The average molecular weight is 259 g/mol. The van der Waals surface area contributed by atoms with Crippen molar-refractivity contribution in [2.75, 3.05) is 7.11 Å². The molecule has 0 aliphatic carbocycles. The predicted octanol–water partition coefficient (Wildman–Crippen LogP) is 2.44. The van der Waals surface area contributed by atoms with Gasteiger partial charge in [0.25, 0.3) is 5.56 Å². The third-order valence-electron chi connectivity index (χ3n) is 2.96. The highest BCUT2D eigenvalue weighted by atomic mass is 16.5. The Hall–Kier alpha value is -2.10. The van der Waals surface area contributed by atoms with E-state index >= 15 is 0 Å². The fourth-order valence-corrected chi connectivity index (χ4v) is 2.13. The number of carbonyl (C=O) groups excluding carboxylic acids is 1. The van der Waals surface area contributed by atoms with E-state index in [1.54, 1.807) is 10.6 Å². The van der Waals surface area contributed by atoms with Crippen LogP contribution < -0.4 is 5.56 Å². The molecule has 0 saturated carbocycles. The molecule has 0 aliphatic rings. The maximum absolute atomic E-state index is 12.4. The van der Waals surface area contributed by atoms with Crippen molar-refractivity contribution in [3.8, 4) is 0 Å². The number of nitrogens with zero attached hydrogens (tertiary/aromatic N) is 1. The maximum Gasteiger partial charge on any atom is 0.343 e. The summed E-state index contributed by atoms with van der Waals surface area (Å²) in [6.07, 6.45) is 0. The Kier molecular flexibility index (Phi) is 3.69. The van der Waals surface area contributed by atoms with Gasteiger partial charge in [-0.2, -0.15) is 0 Å². The van der Waals surface area contributed by atoms with E-state index in [0.717, 1.165) is 10.9 Å². The van der Waals surface area contributed by atoms with Crippen LogP contribution in [0.3, 0.4) is 0 Å². The molecule has 0 amide bonds. The lowest BCUT2D eigenvalue weighted by Crippen LogP contribution is -2.28. The van der Waals surface area contributed by atoms with Gasteiger partial charge in [0.2, 0.25) is 0 Å². The van der Waals surface area contributed by atoms with Crippen LogP contribution in [0.15, 0.2) is 35.1 Å². The van der Waals surface area contributed by atoms with E-state index in [1.807, 2.05) is 38.1 Å². The highest BCUT2D eigenvalue weighted by Crippen LogP contribution is 2.15. The van der Waals surface area contributed by atoms with Crippen molar-refractivity contribution in [3.63, 3.8) is 0 Å². The first kappa shape index (κ1) is 13.3. The van der Waals surface area contributed by atoms with Crippen LogP contribution in [0, 0.1) is 5.92 Å². The minimum atomic E-state index is -0.590. The second-order valence-electron chi connectivity index (χ2n) is 4.92. The molecule has 4 nitrogen and oxygen atoms in total. The quantitative estimate of drug-likeness (QED) is 0.795. The number of hydrogen-bond acceptors (Lipinski definition) is 3. The molecule has 2 rings (SSSR count). The smallest absolute Gasteiger partial charge is 0.343 e. The molecule has 19 heavy (non-hydrogen) atoms. The number of hydrogen-bond donors (Lipinski definition) is 0. The lowest BCUT2D eigenvalue weighted by molar-refractivity contribution is 0.0598. The van der Waals surface area contributed by atoms with Gasteiger partial charge in [0.1, 0.15) is 5.56 Å². The van der Waals surface area contributed by atoms with Crippen molar-refractivity contribution >= 4 is 16.9 Å². The minimum Gasteiger partial charge on any atom is -0.465 e. The largest absolute Gasteiger partial charge is 0.465 e. The van der Waals surface area contributed by atoms with E-state index in [0.29, 0.717) is 12.5 Å². The van der Waals surface area contributed by atoms with E-state index in [-0.39, 0.29) is 11.1 Å². The van der Waals surface area contributed by atoms with Gasteiger partial charge in [0.15, 0.2) is 0 Å². The number of carbonyl (C=O) groups is 1. The van der Waals surface area contributed by atoms with Gasteiger partial charge in [-0.3, -0.25) is 4.79 Å². The molecule has 0 spiro atoms. The number of rotatable bonds is 3. The summed E-state index contributed by atoms with van der Waals surface area (Å²) in [6, 6.07) is 9.14. The number of para-hydroxylation sites is 1. The first-order valence-electron chi connectivity index (χ1n) is 6.25. The summed E-state index contributed by atoms with van der Waals surface area (Å²) in [7, 11) is 1.28. The Morgan fingerprint density at radius 3 is 2.63 bits per heavy atom. The monoisotopic (exact) mass is 259 g/mol. The first-order chi connectivity index (χ1) is 9.04. The van der Waals surface area contributed by atoms with Gasteiger partial charge in [0.05, 0.1) is 12.6 Å². The van der Waals surface area contributed by atoms with Gasteiger partial charge in [-0.25, -0.2) is 4.79 Å². The summed E-state index contributed by atoms with van der Waals surface area (Å²) in [5.41, 5.74) is 0.634. The van der Waals surface area contributed by atoms with Crippen molar-refractivity contribution in [3.05, 3.63) is 46.2 Å². The number of fused-ring (bicyclic) bond motifs is 1. The van der Waals surface area contributed by atoms with Gasteiger partial charge in [0, 0.05) is 6.54 Å². The number of pyridine rings is 1. The molecule has 1 aromatic heterocycles. The molecule has 0 atom stereocenters. The van der Waals surface area contributed by atoms with E-state index < -0.39 is 5.97 Å². The highest BCUT2D eigenvalue weighted by molar-refractivity contribution is 5.93. The minimum absolute atomic E-state index is 0.0850. The molecular weight excluding hydrogens is 242 g/mol. The summed E-state index contributed by atoms with van der Waals surface area (Å²) >= 11 is 0. The van der Waals surface area contributed by atoms with E-state index in [4.69, 9.17) is 0 Å². The summed E-state index contributed by atoms with van der Waals surface area (Å²) in [6.45, 7) is 4.64. The van der Waals surface area contributed by atoms with E-state index in [9.17, 15) is 9.59 Å². The van der Waals surface area contributed by atoms with E-state index in [2.05, 4.69) is 4.74 Å². The zero-order chi connectivity index (χ0) is 14.0. The summed E-state index contributed by atoms with van der Waals surface area (Å²) in [5, 5.41) is 0.864. The van der Waals surface area contributed by atoms with Crippen molar-refractivity contribution in [2.45, 2.75) is 20.4 Å². The summed E-state index contributed by atoms with van der Waals surface area (Å²) in [5.74, 6) is -0.276. The van der Waals surface area contributed by atoms with Crippen LogP contribution in [0.2, 0.25) is 0 Å². The Labute approximate surface area is 111 Å². The number of benzene rings is 1. The van der Waals surface area contributed by atoms with Gasteiger partial charge in [-0.05, 0) is 23.4 Å². The number of methoxy groups -OCH3 is 1. The second-order valence-corrected chi connectivity index (χ2v) is 4.92. The van der Waals surface area contributed by atoms with Gasteiger partial charge >= 0.3 is 5.97 Å². The Balaban J connectivity index is 2.77. The maximum atomic E-state index is 12.4.